The van der Waals surface area contributed by atoms with Gasteiger partial charge < -0.3 is 4.90 Å². The fourth-order valence-corrected chi connectivity index (χ4v) is 4.04. The summed E-state index contributed by atoms with van der Waals surface area (Å²) in [6.07, 6.45) is 1.87. The molecule has 1 fully saturated rings. The molecule has 2 aromatic carbocycles. The molecule has 0 amide bonds. The van der Waals surface area contributed by atoms with Gasteiger partial charge in [0.25, 0.3) is 0 Å². The molecule has 0 aromatic heterocycles. The highest BCUT2D eigenvalue weighted by Gasteiger charge is 2.37. The van der Waals surface area contributed by atoms with Gasteiger partial charge in [-0.25, -0.2) is 0 Å². The van der Waals surface area contributed by atoms with Crippen LogP contribution in [0.15, 0.2) is 48.5 Å². The van der Waals surface area contributed by atoms with Crippen LogP contribution in [0.3, 0.4) is 0 Å². The van der Waals surface area contributed by atoms with Gasteiger partial charge in [-0.3, -0.25) is 4.79 Å². The Balaban J connectivity index is 1.77. The van der Waals surface area contributed by atoms with Gasteiger partial charge in [-0.1, -0.05) is 42.5 Å². The topological polar surface area (TPSA) is 20.3 Å². The monoisotopic (exact) mass is 291 g/mol. The Labute approximate surface area is 131 Å². The van der Waals surface area contributed by atoms with Gasteiger partial charge in [0.15, 0.2) is 5.78 Å². The molecule has 1 aliphatic heterocycles. The van der Waals surface area contributed by atoms with E-state index in [0.29, 0.717) is 17.6 Å². The van der Waals surface area contributed by atoms with Gasteiger partial charge in [0, 0.05) is 24.4 Å². The van der Waals surface area contributed by atoms with Crippen LogP contribution >= 0.6 is 0 Å². The zero-order valence-corrected chi connectivity index (χ0v) is 13.0. The minimum absolute atomic E-state index is 0.332. The van der Waals surface area contributed by atoms with Crippen molar-refractivity contribution in [2.75, 3.05) is 20.1 Å². The molecule has 2 aromatic rings. The summed E-state index contributed by atoms with van der Waals surface area (Å²) in [6.45, 7) is 2.20. The summed E-state index contributed by atoms with van der Waals surface area (Å²) in [7, 11) is 2.19. The van der Waals surface area contributed by atoms with Crippen molar-refractivity contribution >= 4 is 5.78 Å². The molecule has 112 valence electrons. The molecule has 1 heterocycles. The summed E-state index contributed by atoms with van der Waals surface area (Å²) in [5.41, 5.74) is 4.56. The summed E-state index contributed by atoms with van der Waals surface area (Å²) in [5.74, 6) is 1.40. The number of piperidine rings is 1. The maximum atomic E-state index is 12.6. The highest BCUT2D eigenvalue weighted by Crippen LogP contribution is 2.41. The number of benzene rings is 2. The Morgan fingerprint density at radius 2 is 1.86 bits per heavy atom. The number of rotatable bonds is 1. The van der Waals surface area contributed by atoms with E-state index in [9.17, 15) is 4.79 Å². The van der Waals surface area contributed by atoms with Crippen LogP contribution in [0.1, 0.15) is 34.7 Å². The molecule has 0 saturated carbocycles. The molecule has 1 aliphatic carbocycles. The minimum Gasteiger partial charge on any atom is -0.306 e. The van der Waals surface area contributed by atoms with E-state index in [1.165, 1.54) is 11.1 Å². The largest absolute Gasteiger partial charge is 0.306 e. The molecule has 2 aliphatic rings. The lowest BCUT2D eigenvalue weighted by Crippen LogP contribution is -2.40. The average Bonchev–Trinajstić information content (AvgIpc) is 2.56. The molecular formula is C20H21NO. The molecule has 2 atom stereocenters. The number of fused-ring (bicyclic) bond motifs is 3. The summed E-state index contributed by atoms with van der Waals surface area (Å²) in [6, 6.07) is 16.8. The highest BCUT2D eigenvalue weighted by atomic mass is 16.1. The lowest BCUT2D eigenvalue weighted by atomic mass is 9.71. The number of Topliss-reactive ketones (excluding diaryl/α,β-unsaturated/α-hetero) is 1. The Morgan fingerprint density at radius 1 is 1.05 bits per heavy atom. The van der Waals surface area contributed by atoms with Crippen LogP contribution in [-0.4, -0.2) is 30.8 Å². The fourth-order valence-electron chi connectivity index (χ4n) is 4.04. The Bertz CT molecular complexity index is 707. The Hall–Kier alpha value is -1.93. The van der Waals surface area contributed by atoms with Crippen LogP contribution in [0, 0.1) is 5.92 Å². The lowest BCUT2D eigenvalue weighted by molar-refractivity contribution is 0.0887. The highest BCUT2D eigenvalue weighted by molar-refractivity contribution is 6.00. The van der Waals surface area contributed by atoms with Crippen molar-refractivity contribution in [2.45, 2.75) is 18.8 Å². The van der Waals surface area contributed by atoms with Gasteiger partial charge in [0.1, 0.15) is 0 Å². The molecule has 0 N–H and O–H groups in total. The molecule has 4 rings (SSSR count). The molecule has 0 spiro atoms. The van der Waals surface area contributed by atoms with Gasteiger partial charge in [0.2, 0.25) is 0 Å². The Kier molecular flexibility index (Phi) is 3.34. The van der Waals surface area contributed by atoms with E-state index in [4.69, 9.17) is 0 Å². The zero-order valence-electron chi connectivity index (χ0n) is 13.0. The third kappa shape index (κ3) is 2.28. The molecule has 22 heavy (non-hydrogen) atoms. The first-order valence-electron chi connectivity index (χ1n) is 8.13. The van der Waals surface area contributed by atoms with Crippen molar-refractivity contribution in [2.24, 2.45) is 5.92 Å². The number of hydrogen-bond donors (Lipinski definition) is 0. The van der Waals surface area contributed by atoms with E-state index < -0.39 is 0 Å². The van der Waals surface area contributed by atoms with Crippen LogP contribution < -0.4 is 0 Å². The SMILES string of the molecule is CN1CC[C@@H]2CC(=O)c3cc(-c4ccccc4)ccc3[C@@H]2C1. The first-order valence-corrected chi connectivity index (χ1v) is 8.13. The van der Waals surface area contributed by atoms with Gasteiger partial charge in [0.05, 0.1) is 0 Å². The quantitative estimate of drug-likeness (QED) is 0.792. The van der Waals surface area contributed by atoms with E-state index in [1.54, 1.807) is 0 Å². The van der Waals surface area contributed by atoms with Crippen molar-refractivity contribution < 1.29 is 4.79 Å². The second-order valence-corrected chi connectivity index (χ2v) is 6.71. The van der Waals surface area contributed by atoms with E-state index >= 15 is 0 Å². The van der Waals surface area contributed by atoms with Gasteiger partial charge in [-0.2, -0.15) is 0 Å². The molecular weight excluding hydrogens is 270 g/mol. The number of carbonyl (C=O) groups excluding carboxylic acids is 1. The standard InChI is InChI=1S/C20H21NO/c1-21-10-9-16-12-20(22)18-11-15(14-5-3-2-4-6-14)7-8-17(18)19(16)13-21/h2-8,11,16,19H,9-10,12-13H2,1H3/t16-,19-/m1/s1. The van der Waals surface area contributed by atoms with Crippen LogP contribution in [0.4, 0.5) is 0 Å². The summed E-state index contributed by atoms with van der Waals surface area (Å²) >= 11 is 0. The first-order chi connectivity index (χ1) is 10.7. The van der Waals surface area contributed by atoms with Crippen molar-refractivity contribution in [3.63, 3.8) is 0 Å². The van der Waals surface area contributed by atoms with Crippen LogP contribution in [0.5, 0.6) is 0 Å². The van der Waals surface area contributed by atoms with Gasteiger partial charge in [-0.15, -0.1) is 0 Å². The third-order valence-electron chi connectivity index (χ3n) is 5.27. The van der Waals surface area contributed by atoms with Crippen molar-refractivity contribution in [3.05, 3.63) is 59.7 Å². The smallest absolute Gasteiger partial charge is 0.163 e. The molecule has 0 unspecified atom stereocenters. The summed E-state index contributed by atoms with van der Waals surface area (Å²) in [5, 5.41) is 0. The minimum atomic E-state index is 0.332. The number of likely N-dealkylation sites (N-methyl/N-ethyl adjacent to an activating group) is 1. The number of nitrogens with zero attached hydrogens (tertiary/aromatic N) is 1. The first kappa shape index (κ1) is 13.7. The molecule has 2 nitrogen and oxygen atoms in total. The average molecular weight is 291 g/mol. The van der Waals surface area contributed by atoms with Gasteiger partial charge >= 0.3 is 0 Å². The van der Waals surface area contributed by atoms with Crippen molar-refractivity contribution in [1.82, 2.24) is 4.90 Å². The number of carbonyl (C=O) groups is 1. The van der Waals surface area contributed by atoms with Crippen LogP contribution in [0.2, 0.25) is 0 Å². The summed E-state index contributed by atoms with van der Waals surface area (Å²) in [4.78, 5) is 15.0. The Morgan fingerprint density at radius 3 is 2.68 bits per heavy atom. The predicted octanol–water partition coefficient (Wildman–Crippen LogP) is 3.98. The van der Waals surface area contributed by atoms with Crippen molar-refractivity contribution in [1.29, 1.82) is 0 Å². The molecule has 0 bridgehead atoms. The van der Waals surface area contributed by atoms with Crippen molar-refractivity contribution in [3.8, 4) is 11.1 Å². The lowest BCUT2D eigenvalue weighted by Gasteiger charge is -2.40. The third-order valence-corrected chi connectivity index (χ3v) is 5.27. The number of hydrogen-bond acceptors (Lipinski definition) is 2. The number of ketones is 1. The summed E-state index contributed by atoms with van der Waals surface area (Å²) < 4.78 is 0. The van der Waals surface area contributed by atoms with E-state index in [0.717, 1.165) is 37.1 Å². The number of likely N-dealkylation sites (tertiary alicyclic amines) is 1. The van der Waals surface area contributed by atoms with Gasteiger partial charge in [-0.05, 0) is 48.7 Å². The van der Waals surface area contributed by atoms with E-state index in [1.807, 2.05) is 18.2 Å². The molecule has 1 saturated heterocycles. The zero-order chi connectivity index (χ0) is 15.1. The maximum absolute atomic E-state index is 12.6. The maximum Gasteiger partial charge on any atom is 0.163 e. The second kappa shape index (κ2) is 5.36. The molecule has 0 radical (unpaired) electrons. The normalized spacial score (nSPS) is 24.7. The second-order valence-electron chi connectivity index (χ2n) is 6.71. The fraction of sp³-hybridized carbons (Fsp3) is 0.350. The van der Waals surface area contributed by atoms with Crippen LogP contribution in [-0.2, 0) is 0 Å². The van der Waals surface area contributed by atoms with Crippen LogP contribution in [0.25, 0.3) is 11.1 Å². The van der Waals surface area contributed by atoms with E-state index in [2.05, 4.69) is 42.3 Å². The van der Waals surface area contributed by atoms with E-state index in [-0.39, 0.29) is 0 Å². The molecule has 2 heteroatoms. The predicted molar refractivity (Wildman–Crippen MR) is 89.2 cm³/mol.